The highest BCUT2D eigenvalue weighted by Crippen LogP contribution is 2.34. The van der Waals surface area contributed by atoms with Crippen molar-refractivity contribution in [1.29, 1.82) is 0 Å². The molecule has 0 radical (unpaired) electrons. The van der Waals surface area contributed by atoms with Crippen LogP contribution < -0.4 is 11.1 Å². The number of carbonyl (C=O) groups is 1. The second-order valence-corrected chi connectivity index (χ2v) is 5.90. The second kappa shape index (κ2) is 5.59. The minimum Gasteiger partial charge on any atom is -0.508 e. The van der Waals surface area contributed by atoms with Gasteiger partial charge < -0.3 is 16.2 Å². The first-order valence-corrected chi connectivity index (χ1v) is 7.81. The molecule has 126 valence electrons. The van der Waals surface area contributed by atoms with Gasteiger partial charge in [0.05, 0.1) is 11.4 Å². The number of hydrogen-bond acceptors (Lipinski definition) is 6. The lowest BCUT2D eigenvalue weighted by molar-refractivity contribution is 0.0994. The number of aromatic hydroxyl groups is 1. The van der Waals surface area contributed by atoms with Crippen molar-refractivity contribution in [1.82, 2.24) is 19.7 Å². The number of amides is 1. The fourth-order valence-electron chi connectivity index (χ4n) is 3.09. The van der Waals surface area contributed by atoms with Crippen LogP contribution in [0.3, 0.4) is 0 Å². The summed E-state index contributed by atoms with van der Waals surface area (Å²) >= 11 is 0. The SMILES string of the molecule is Cn1nc(C(N)=O)c2c1-c1nc(Nc3ccc(O)cc3)ncc1CC2. The molecule has 1 aliphatic carbocycles. The summed E-state index contributed by atoms with van der Waals surface area (Å²) in [6.07, 6.45) is 3.20. The van der Waals surface area contributed by atoms with Crippen molar-refractivity contribution in [3.8, 4) is 17.1 Å². The van der Waals surface area contributed by atoms with Crippen molar-refractivity contribution >= 4 is 17.5 Å². The van der Waals surface area contributed by atoms with Gasteiger partial charge in [-0.1, -0.05) is 0 Å². The third-order valence-electron chi connectivity index (χ3n) is 4.24. The highest BCUT2D eigenvalue weighted by Gasteiger charge is 2.27. The van der Waals surface area contributed by atoms with Crippen LogP contribution in [0.2, 0.25) is 0 Å². The van der Waals surface area contributed by atoms with E-state index in [0.717, 1.165) is 34.6 Å². The number of benzene rings is 1. The van der Waals surface area contributed by atoms with Gasteiger partial charge in [-0.05, 0) is 42.7 Å². The van der Waals surface area contributed by atoms with E-state index in [1.54, 1.807) is 42.2 Å². The fourth-order valence-corrected chi connectivity index (χ4v) is 3.09. The molecule has 0 spiro atoms. The average Bonchev–Trinajstić information content (AvgIpc) is 2.94. The minimum atomic E-state index is -0.531. The molecule has 0 saturated carbocycles. The number of phenolic OH excluding ortho intramolecular Hbond substituents is 1. The van der Waals surface area contributed by atoms with Gasteiger partial charge in [0.2, 0.25) is 5.95 Å². The fraction of sp³-hybridized carbons (Fsp3) is 0.176. The van der Waals surface area contributed by atoms with Crippen LogP contribution in [-0.4, -0.2) is 30.8 Å². The molecule has 1 amide bonds. The lowest BCUT2D eigenvalue weighted by Gasteiger charge is -2.17. The van der Waals surface area contributed by atoms with Crippen molar-refractivity contribution in [3.05, 3.63) is 47.3 Å². The molecule has 0 aliphatic heterocycles. The van der Waals surface area contributed by atoms with Crippen molar-refractivity contribution < 1.29 is 9.90 Å². The van der Waals surface area contributed by atoms with Crippen LogP contribution in [0.15, 0.2) is 30.5 Å². The summed E-state index contributed by atoms with van der Waals surface area (Å²) in [5, 5.41) is 16.7. The van der Waals surface area contributed by atoms with Crippen LogP contribution in [0.1, 0.15) is 21.6 Å². The van der Waals surface area contributed by atoms with E-state index < -0.39 is 5.91 Å². The van der Waals surface area contributed by atoms with E-state index in [1.807, 2.05) is 0 Å². The van der Waals surface area contributed by atoms with Crippen LogP contribution in [0.4, 0.5) is 11.6 Å². The summed E-state index contributed by atoms with van der Waals surface area (Å²) < 4.78 is 1.64. The van der Waals surface area contributed by atoms with Crippen molar-refractivity contribution in [2.45, 2.75) is 12.8 Å². The number of aryl methyl sites for hydroxylation is 2. The Morgan fingerprint density at radius 2 is 2.04 bits per heavy atom. The molecule has 4 rings (SSSR count). The summed E-state index contributed by atoms with van der Waals surface area (Å²) in [7, 11) is 1.77. The van der Waals surface area contributed by atoms with Crippen molar-refractivity contribution in [2.24, 2.45) is 12.8 Å². The number of hydrogen-bond donors (Lipinski definition) is 3. The lowest BCUT2D eigenvalue weighted by atomic mass is 9.93. The zero-order chi connectivity index (χ0) is 17.6. The van der Waals surface area contributed by atoms with Gasteiger partial charge in [-0.25, -0.2) is 9.97 Å². The molecule has 25 heavy (non-hydrogen) atoms. The van der Waals surface area contributed by atoms with Gasteiger partial charge in [-0.2, -0.15) is 5.10 Å². The molecule has 4 N–H and O–H groups in total. The normalized spacial score (nSPS) is 12.4. The molecule has 8 heteroatoms. The minimum absolute atomic E-state index is 0.190. The Hall–Kier alpha value is -3.42. The summed E-state index contributed by atoms with van der Waals surface area (Å²) in [6, 6.07) is 6.63. The maximum absolute atomic E-state index is 11.6. The van der Waals surface area contributed by atoms with Gasteiger partial charge in [0.1, 0.15) is 5.75 Å². The molecule has 1 aromatic carbocycles. The Bertz CT molecular complexity index is 978. The Morgan fingerprint density at radius 3 is 2.76 bits per heavy atom. The highest BCUT2D eigenvalue weighted by atomic mass is 16.3. The second-order valence-electron chi connectivity index (χ2n) is 5.90. The van der Waals surface area contributed by atoms with Gasteiger partial charge in [0.15, 0.2) is 5.69 Å². The van der Waals surface area contributed by atoms with Crippen LogP contribution >= 0.6 is 0 Å². The molecule has 1 aliphatic rings. The van der Waals surface area contributed by atoms with Gasteiger partial charge in [0.25, 0.3) is 5.91 Å². The average molecular weight is 336 g/mol. The van der Waals surface area contributed by atoms with Gasteiger partial charge in [-0.3, -0.25) is 9.48 Å². The first-order chi connectivity index (χ1) is 12.0. The van der Waals surface area contributed by atoms with E-state index in [2.05, 4.69) is 20.4 Å². The summed E-state index contributed by atoms with van der Waals surface area (Å²) in [5.41, 5.74) is 9.88. The smallest absolute Gasteiger partial charge is 0.269 e. The number of phenols is 1. The molecule has 0 fully saturated rings. The zero-order valence-corrected chi connectivity index (χ0v) is 13.5. The van der Waals surface area contributed by atoms with Crippen molar-refractivity contribution in [3.63, 3.8) is 0 Å². The van der Waals surface area contributed by atoms with Gasteiger partial charge in [0, 0.05) is 24.5 Å². The molecule has 2 aromatic heterocycles. The number of fused-ring (bicyclic) bond motifs is 3. The molecule has 2 heterocycles. The number of carbonyl (C=O) groups excluding carboxylic acids is 1. The van der Waals surface area contributed by atoms with E-state index in [0.29, 0.717) is 18.1 Å². The third kappa shape index (κ3) is 2.57. The Kier molecular flexibility index (Phi) is 3.38. The first-order valence-electron chi connectivity index (χ1n) is 7.81. The lowest BCUT2D eigenvalue weighted by Crippen LogP contribution is -2.16. The molecular formula is C17H16N6O2. The molecule has 0 atom stereocenters. The number of nitrogens with zero attached hydrogens (tertiary/aromatic N) is 4. The predicted molar refractivity (Wildman–Crippen MR) is 91.5 cm³/mol. The Labute approximate surface area is 143 Å². The number of nitrogens with one attached hydrogen (secondary N) is 1. The third-order valence-corrected chi connectivity index (χ3v) is 4.24. The first kappa shape index (κ1) is 15.1. The van der Waals surface area contributed by atoms with E-state index in [9.17, 15) is 9.90 Å². The van der Waals surface area contributed by atoms with Crippen LogP contribution in [0.25, 0.3) is 11.4 Å². The molecular weight excluding hydrogens is 320 g/mol. The number of anilines is 2. The molecule has 0 bridgehead atoms. The number of rotatable bonds is 3. The largest absolute Gasteiger partial charge is 0.508 e. The monoisotopic (exact) mass is 336 g/mol. The Balaban J connectivity index is 1.76. The van der Waals surface area contributed by atoms with Crippen LogP contribution in [0.5, 0.6) is 5.75 Å². The maximum Gasteiger partial charge on any atom is 0.269 e. The van der Waals surface area contributed by atoms with Crippen LogP contribution in [-0.2, 0) is 19.9 Å². The summed E-state index contributed by atoms with van der Waals surface area (Å²) in [6.45, 7) is 0. The van der Waals surface area contributed by atoms with E-state index in [-0.39, 0.29) is 5.75 Å². The molecule has 8 nitrogen and oxygen atoms in total. The summed E-state index contributed by atoms with van der Waals surface area (Å²) in [4.78, 5) is 20.6. The predicted octanol–water partition coefficient (Wildman–Crippen LogP) is 1.52. The zero-order valence-electron chi connectivity index (χ0n) is 13.5. The maximum atomic E-state index is 11.6. The number of primary amides is 1. The highest BCUT2D eigenvalue weighted by molar-refractivity contribution is 5.94. The van der Waals surface area contributed by atoms with Gasteiger partial charge >= 0.3 is 0 Å². The molecule has 0 unspecified atom stereocenters. The Morgan fingerprint density at radius 1 is 1.28 bits per heavy atom. The number of nitrogens with two attached hydrogens (primary N) is 1. The quantitative estimate of drug-likeness (QED) is 0.624. The molecule has 0 saturated heterocycles. The van der Waals surface area contributed by atoms with E-state index in [1.165, 1.54) is 0 Å². The number of aromatic nitrogens is 4. The van der Waals surface area contributed by atoms with E-state index in [4.69, 9.17) is 5.73 Å². The van der Waals surface area contributed by atoms with Crippen molar-refractivity contribution in [2.75, 3.05) is 5.32 Å². The topological polar surface area (TPSA) is 119 Å². The van der Waals surface area contributed by atoms with Crippen LogP contribution in [0, 0.1) is 0 Å². The molecule has 3 aromatic rings. The summed E-state index contributed by atoms with van der Waals surface area (Å²) in [5.74, 6) is 0.0892. The standard InChI is InChI=1S/C17H16N6O2/c1-23-15-12(14(22-23)16(18)25)7-2-9-8-19-17(21-13(9)15)20-10-3-5-11(24)6-4-10/h3-6,8,24H,2,7H2,1H3,(H2,18,25)(H,19,20,21). The van der Waals surface area contributed by atoms with Gasteiger partial charge in [-0.15, -0.1) is 0 Å². The van der Waals surface area contributed by atoms with E-state index >= 15 is 0 Å².